The Morgan fingerprint density at radius 1 is 1.16 bits per heavy atom. The molecule has 5 nitrogen and oxygen atoms in total. The Morgan fingerprint density at radius 2 is 1.88 bits per heavy atom. The number of anilines is 1. The maximum absolute atomic E-state index is 5.90. The number of benzene rings is 2. The van der Waals surface area contributed by atoms with Crippen LogP contribution in [0.4, 0.5) is 5.95 Å². The van der Waals surface area contributed by atoms with Crippen molar-refractivity contribution in [3.8, 4) is 0 Å². The van der Waals surface area contributed by atoms with Crippen molar-refractivity contribution in [2.75, 3.05) is 5.32 Å². The summed E-state index contributed by atoms with van der Waals surface area (Å²) < 4.78 is 1.74. The van der Waals surface area contributed by atoms with E-state index in [9.17, 15) is 0 Å². The van der Waals surface area contributed by atoms with Gasteiger partial charge in [-0.2, -0.15) is 0 Å². The van der Waals surface area contributed by atoms with Gasteiger partial charge < -0.3 is 5.32 Å². The Balaban J connectivity index is 1.55. The molecule has 7 heteroatoms. The van der Waals surface area contributed by atoms with E-state index in [0.29, 0.717) is 22.6 Å². The average molecular weight is 372 g/mol. The lowest BCUT2D eigenvalue weighted by atomic mass is 10.1. The molecule has 1 heterocycles. The number of hydrogen-bond donors (Lipinski definition) is 2. The van der Waals surface area contributed by atoms with Gasteiger partial charge in [-0.1, -0.05) is 54.1 Å². The number of rotatable bonds is 5. The molecule has 1 aromatic heterocycles. The monoisotopic (exact) mass is 371 g/mol. The van der Waals surface area contributed by atoms with Crippen LogP contribution in [0.3, 0.4) is 0 Å². The molecule has 0 saturated carbocycles. The van der Waals surface area contributed by atoms with Gasteiger partial charge in [0, 0.05) is 5.02 Å². The van der Waals surface area contributed by atoms with Crippen molar-refractivity contribution in [2.24, 2.45) is 0 Å². The number of halogens is 1. The summed E-state index contributed by atoms with van der Waals surface area (Å²) in [7, 11) is 0. The van der Waals surface area contributed by atoms with Crippen LogP contribution >= 0.6 is 23.8 Å². The zero-order valence-corrected chi connectivity index (χ0v) is 15.3. The maximum atomic E-state index is 5.90. The van der Waals surface area contributed by atoms with Crippen molar-refractivity contribution < 1.29 is 0 Å². The summed E-state index contributed by atoms with van der Waals surface area (Å²) in [5.41, 5.74) is 2.26. The first-order valence-corrected chi connectivity index (χ1v) is 8.65. The zero-order chi connectivity index (χ0) is 17.6. The van der Waals surface area contributed by atoms with Crippen molar-refractivity contribution in [1.82, 2.24) is 20.1 Å². The van der Waals surface area contributed by atoms with Crippen molar-refractivity contribution in [3.05, 3.63) is 77.1 Å². The Hall–Kier alpha value is -2.44. The van der Waals surface area contributed by atoms with Crippen LogP contribution in [0, 0.1) is 0 Å². The molecule has 3 aromatic rings. The second kappa shape index (κ2) is 8.09. The van der Waals surface area contributed by atoms with Crippen LogP contribution in [-0.2, 0) is 6.54 Å². The third-order valence-corrected chi connectivity index (χ3v) is 4.14. The van der Waals surface area contributed by atoms with Crippen LogP contribution in [0.2, 0.25) is 5.02 Å². The van der Waals surface area contributed by atoms with E-state index in [4.69, 9.17) is 23.8 Å². The number of thiocarbonyl (C=S) groups is 1. The predicted octanol–water partition coefficient (Wildman–Crippen LogP) is 4.03. The highest BCUT2D eigenvalue weighted by Crippen LogP contribution is 2.12. The van der Waals surface area contributed by atoms with Gasteiger partial charge in [0.25, 0.3) is 0 Å². The highest BCUT2D eigenvalue weighted by molar-refractivity contribution is 7.80. The number of nitrogens with zero attached hydrogens (tertiary/aromatic N) is 3. The molecular weight excluding hydrogens is 354 g/mol. The fourth-order valence-corrected chi connectivity index (χ4v) is 2.76. The molecule has 2 N–H and O–H groups in total. The molecule has 0 amide bonds. The fourth-order valence-electron chi connectivity index (χ4n) is 2.36. The first kappa shape index (κ1) is 17.4. The highest BCUT2D eigenvalue weighted by Gasteiger charge is 2.08. The summed E-state index contributed by atoms with van der Waals surface area (Å²) >= 11 is 11.2. The molecular formula is C18H18ClN5S. The first-order chi connectivity index (χ1) is 12.1. The Kier molecular flexibility index (Phi) is 5.63. The third kappa shape index (κ3) is 5.01. The molecule has 25 heavy (non-hydrogen) atoms. The summed E-state index contributed by atoms with van der Waals surface area (Å²) in [6, 6.07) is 17.8. The molecule has 0 fully saturated rings. The summed E-state index contributed by atoms with van der Waals surface area (Å²) in [6.07, 6.45) is 1.67. The van der Waals surface area contributed by atoms with Gasteiger partial charge in [-0.05, 0) is 42.4 Å². The topological polar surface area (TPSA) is 54.8 Å². The van der Waals surface area contributed by atoms with Gasteiger partial charge in [0.15, 0.2) is 5.11 Å². The van der Waals surface area contributed by atoms with Crippen LogP contribution in [0.1, 0.15) is 24.1 Å². The largest absolute Gasteiger partial charge is 0.356 e. The van der Waals surface area contributed by atoms with E-state index < -0.39 is 0 Å². The minimum Gasteiger partial charge on any atom is -0.356 e. The minimum absolute atomic E-state index is 0.0948. The van der Waals surface area contributed by atoms with E-state index in [1.54, 1.807) is 11.0 Å². The molecule has 0 spiro atoms. The van der Waals surface area contributed by atoms with Crippen LogP contribution in [0.25, 0.3) is 0 Å². The summed E-state index contributed by atoms with van der Waals surface area (Å²) in [4.78, 5) is 4.24. The van der Waals surface area contributed by atoms with E-state index in [1.807, 2.05) is 42.5 Å². The van der Waals surface area contributed by atoms with E-state index in [-0.39, 0.29) is 6.04 Å². The molecule has 2 aromatic carbocycles. The Bertz CT molecular complexity index is 832. The van der Waals surface area contributed by atoms with Crippen LogP contribution in [0.5, 0.6) is 0 Å². The van der Waals surface area contributed by atoms with Crippen molar-refractivity contribution in [1.29, 1.82) is 0 Å². The molecule has 0 aliphatic rings. The average Bonchev–Trinajstić information content (AvgIpc) is 3.04. The number of nitrogens with one attached hydrogen (secondary N) is 2. The lowest BCUT2D eigenvalue weighted by Crippen LogP contribution is -2.31. The Morgan fingerprint density at radius 3 is 2.60 bits per heavy atom. The van der Waals surface area contributed by atoms with E-state index >= 15 is 0 Å². The molecule has 0 aliphatic carbocycles. The SMILES string of the molecule is CC(NC(=S)Nc1ncn(Cc2ccc(Cl)cc2)n1)c1ccccc1. The highest BCUT2D eigenvalue weighted by atomic mass is 35.5. The second-order valence-electron chi connectivity index (χ2n) is 5.62. The van der Waals surface area contributed by atoms with Crippen LogP contribution in [-0.4, -0.2) is 19.9 Å². The normalized spacial score (nSPS) is 11.8. The van der Waals surface area contributed by atoms with Gasteiger partial charge in [0.1, 0.15) is 6.33 Å². The lowest BCUT2D eigenvalue weighted by molar-refractivity contribution is 0.686. The molecule has 0 aliphatic heterocycles. The number of aromatic nitrogens is 3. The van der Waals surface area contributed by atoms with Crippen molar-refractivity contribution >= 4 is 34.9 Å². The Labute approximate surface area is 157 Å². The van der Waals surface area contributed by atoms with Gasteiger partial charge in [0.05, 0.1) is 12.6 Å². The predicted molar refractivity (Wildman–Crippen MR) is 105 cm³/mol. The van der Waals surface area contributed by atoms with Gasteiger partial charge in [0.2, 0.25) is 5.95 Å². The smallest absolute Gasteiger partial charge is 0.248 e. The van der Waals surface area contributed by atoms with Gasteiger partial charge in [-0.25, -0.2) is 9.67 Å². The van der Waals surface area contributed by atoms with E-state index in [2.05, 4.69) is 39.8 Å². The summed E-state index contributed by atoms with van der Waals surface area (Å²) in [5, 5.41) is 11.8. The molecule has 1 atom stereocenters. The second-order valence-corrected chi connectivity index (χ2v) is 6.47. The first-order valence-electron chi connectivity index (χ1n) is 7.86. The van der Waals surface area contributed by atoms with Gasteiger partial charge >= 0.3 is 0 Å². The summed E-state index contributed by atoms with van der Waals surface area (Å²) in [5.74, 6) is 0.465. The standard InChI is InChI=1S/C18H18ClN5S/c1-13(15-5-3-2-4-6-15)21-18(25)22-17-20-12-24(23-17)11-14-7-9-16(19)10-8-14/h2-10,12-13H,11H2,1H3,(H2,21,22,23,25). The molecule has 0 saturated heterocycles. The molecule has 128 valence electrons. The third-order valence-electron chi connectivity index (χ3n) is 3.67. The van der Waals surface area contributed by atoms with Crippen LogP contribution < -0.4 is 10.6 Å². The quantitative estimate of drug-likeness (QED) is 0.663. The number of hydrogen-bond acceptors (Lipinski definition) is 3. The minimum atomic E-state index is 0.0948. The molecule has 0 bridgehead atoms. The van der Waals surface area contributed by atoms with Crippen LogP contribution in [0.15, 0.2) is 60.9 Å². The van der Waals surface area contributed by atoms with Gasteiger partial charge in [-0.15, -0.1) is 5.10 Å². The van der Waals surface area contributed by atoms with E-state index in [1.165, 1.54) is 0 Å². The van der Waals surface area contributed by atoms with Crippen molar-refractivity contribution in [2.45, 2.75) is 19.5 Å². The van der Waals surface area contributed by atoms with Gasteiger partial charge in [-0.3, -0.25) is 5.32 Å². The van der Waals surface area contributed by atoms with Crippen molar-refractivity contribution in [3.63, 3.8) is 0 Å². The fraction of sp³-hybridized carbons (Fsp3) is 0.167. The lowest BCUT2D eigenvalue weighted by Gasteiger charge is -2.16. The molecule has 1 unspecified atom stereocenters. The maximum Gasteiger partial charge on any atom is 0.248 e. The molecule has 0 radical (unpaired) electrons. The molecule has 3 rings (SSSR count). The van der Waals surface area contributed by atoms with E-state index in [0.717, 1.165) is 11.1 Å². The summed E-state index contributed by atoms with van der Waals surface area (Å²) in [6.45, 7) is 2.67. The zero-order valence-electron chi connectivity index (χ0n) is 13.7.